The Morgan fingerprint density at radius 1 is 1.00 bits per heavy atom. The zero-order valence-electron chi connectivity index (χ0n) is 4.63. The molecule has 0 aliphatic rings. The van der Waals surface area contributed by atoms with Crippen molar-refractivity contribution in [3.63, 3.8) is 0 Å². The Morgan fingerprint density at radius 3 is 1.00 bits per heavy atom. The third-order valence-corrected chi connectivity index (χ3v) is 0. The fourth-order valence-electron chi connectivity index (χ4n) is 0. The van der Waals surface area contributed by atoms with Crippen LogP contribution < -0.4 is 0 Å². The second-order valence-corrected chi connectivity index (χ2v) is 0.516. The molecule has 0 aliphatic heterocycles. The predicted octanol–water partition coefficient (Wildman–Crippen LogP) is 1.08. The van der Waals surface area contributed by atoms with E-state index in [1.54, 1.807) is 13.8 Å². The van der Waals surface area contributed by atoms with Gasteiger partial charge >= 0.3 is 0 Å². The summed E-state index contributed by atoms with van der Waals surface area (Å²) in [5.74, 6) is 0. The van der Waals surface area contributed by atoms with Crippen molar-refractivity contribution in [3.8, 4) is 0 Å². The van der Waals surface area contributed by atoms with E-state index in [0.29, 0.717) is 0 Å². The summed E-state index contributed by atoms with van der Waals surface area (Å²) in [7, 11) is 0. The van der Waals surface area contributed by atoms with Crippen LogP contribution in [0, 0.1) is 13.2 Å². The summed E-state index contributed by atoms with van der Waals surface area (Å²) in [5.41, 5.74) is 0. The van der Waals surface area contributed by atoms with E-state index in [2.05, 4.69) is 0 Å². The molecular weight excluding hydrogens is 169 g/mol. The van der Waals surface area contributed by atoms with Crippen LogP contribution in [0.5, 0.6) is 0 Å². The van der Waals surface area contributed by atoms with E-state index < -0.39 is 0 Å². The van der Waals surface area contributed by atoms with E-state index in [1.807, 2.05) is 0 Å². The van der Waals surface area contributed by atoms with E-state index in [4.69, 9.17) is 10.2 Å². The first-order valence-corrected chi connectivity index (χ1v) is 1.67. The second kappa shape index (κ2) is 27.9. The molecule has 0 saturated carbocycles. The maximum Gasteiger partial charge on any atom is 0 e. The molecule has 0 amide bonds. The first-order valence-electron chi connectivity index (χ1n) is 1.67. The van der Waals surface area contributed by atoms with Crippen molar-refractivity contribution in [3.05, 3.63) is 13.2 Å². The number of aliphatic hydroxyl groups is 2. The van der Waals surface area contributed by atoms with E-state index in [9.17, 15) is 0 Å². The minimum atomic E-state index is 0. The quantitative estimate of drug-likeness (QED) is 0.546. The van der Waals surface area contributed by atoms with Crippen LogP contribution in [-0.2, 0) is 32.7 Å². The van der Waals surface area contributed by atoms with Gasteiger partial charge in [0.15, 0.2) is 0 Å². The molecule has 7 heavy (non-hydrogen) atoms. The molecular formula is C4H10O2Y-2. The van der Waals surface area contributed by atoms with Gasteiger partial charge in [0.2, 0.25) is 0 Å². The van der Waals surface area contributed by atoms with Crippen molar-refractivity contribution in [1.82, 2.24) is 0 Å². The smallest absolute Gasteiger partial charge is 0 e. The predicted molar refractivity (Wildman–Crippen MR) is 23.8 cm³/mol. The molecule has 2 nitrogen and oxygen atoms in total. The summed E-state index contributed by atoms with van der Waals surface area (Å²) >= 11 is 0. The van der Waals surface area contributed by atoms with Crippen LogP contribution in [-0.4, -0.2) is 10.2 Å². The second-order valence-electron chi connectivity index (χ2n) is 0.516. The van der Waals surface area contributed by atoms with Crippen molar-refractivity contribution in [2.75, 3.05) is 0 Å². The average molecular weight is 179 g/mol. The van der Waals surface area contributed by atoms with E-state index >= 15 is 0 Å². The molecule has 0 aliphatic carbocycles. The maximum absolute atomic E-state index is 7.44. The van der Waals surface area contributed by atoms with E-state index in [1.165, 1.54) is 0 Å². The Kier molecular flexibility index (Phi) is 62.5. The largest absolute Gasteiger partial charge is 0.566 e. The third-order valence-electron chi connectivity index (χ3n) is 0. The van der Waals surface area contributed by atoms with Crippen molar-refractivity contribution in [1.29, 1.82) is 0 Å². The molecule has 1 radical (unpaired) electrons. The van der Waals surface area contributed by atoms with Gasteiger partial charge in [-0.1, -0.05) is 0 Å². The molecule has 0 aromatic heterocycles. The van der Waals surface area contributed by atoms with Gasteiger partial charge in [-0.2, -0.15) is 13.8 Å². The van der Waals surface area contributed by atoms with Crippen LogP contribution in [0.4, 0.5) is 0 Å². The molecule has 0 unspecified atom stereocenters. The summed E-state index contributed by atoms with van der Waals surface area (Å²) in [5, 5.41) is 14.9. The summed E-state index contributed by atoms with van der Waals surface area (Å²) < 4.78 is 0. The number of aliphatic hydroxyl groups excluding tert-OH is 2. The molecule has 0 heterocycles. The van der Waals surface area contributed by atoms with Crippen molar-refractivity contribution < 1.29 is 42.9 Å². The molecule has 0 rings (SSSR count). The van der Waals surface area contributed by atoms with Crippen molar-refractivity contribution >= 4 is 0 Å². The Labute approximate surface area is 69.8 Å². The number of hydrogen-bond acceptors (Lipinski definition) is 2. The standard InChI is InChI=1S/2C2H5O.Y/c2*1-2-3;/h2*2-3H,1H3;/q2*-1;. The summed E-state index contributed by atoms with van der Waals surface area (Å²) in [6, 6.07) is 0. The Balaban J connectivity index is -0.0000000400. The normalized spacial score (nSPS) is 5.14. The average Bonchev–Trinajstić information content (AvgIpc) is 1.39. The minimum Gasteiger partial charge on any atom is -0.566 e. The first kappa shape index (κ1) is 15.7. The zero-order valence-corrected chi connectivity index (χ0v) is 7.46. The molecule has 0 spiro atoms. The van der Waals surface area contributed by atoms with Crippen LogP contribution in [0.25, 0.3) is 0 Å². The van der Waals surface area contributed by atoms with Crippen LogP contribution in [0.3, 0.4) is 0 Å². The molecule has 43 valence electrons. The van der Waals surface area contributed by atoms with Gasteiger partial charge < -0.3 is 10.2 Å². The van der Waals surface area contributed by atoms with Crippen molar-refractivity contribution in [2.45, 2.75) is 13.8 Å². The van der Waals surface area contributed by atoms with Gasteiger partial charge in [0.25, 0.3) is 0 Å². The van der Waals surface area contributed by atoms with Crippen LogP contribution >= 0.6 is 0 Å². The van der Waals surface area contributed by atoms with Crippen LogP contribution in [0.2, 0.25) is 0 Å². The van der Waals surface area contributed by atoms with Gasteiger partial charge in [0.1, 0.15) is 0 Å². The molecule has 0 atom stereocenters. The van der Waals surface area contributed by atoms with Gasteiger partial charge in [-0.3, -0.25) is 0 Å². The van der Waals surface area contributed by atoms with E-state index in [0.717, 1.165) is 13.2 Å². The molecule has 0 bridgehead atoms. The van der Waals surface area contributed by atoms with Gasteiger partial charge in [-0.25, -0.2) is 13.2 Å². The fraction of sp³-hybridized carbons (Fsp3) is 0.500. The van der Waals surface area contributed by atoms with Gasteiger partial charge in [-0.15, -0.1) is 0 Å². The minimum absolute atomic E-state index is 0. The molecule has 0 aromatic carbocycles. The molecule has 0 aromatic rings. The Hall–Kier alpha value is 1.02. The molecule has 2 N–H and O–H groups in total. The molecule has 3 heteroatoms. The van der Waals surface area contributed by atoms with Gasteiger partial charge in [-0.05, 0) is 0 Å². The monoisotopic (exact) mass is 179 g/mol. The SMILES string of the molecule is C[CH-]O.C[CH-]O.[Y]. The molecule has 0 fully saturated rings. The maximum atomic E-state index is 7.44. The topological polar surface area (TPSA) is 40.5 Å². The Bertz CT molecular complexity index is 11.7. The molecule has 0 saturated heterocycles. The van der Waals surface area contributed by atoms with Crippen LogP contribution in [0.15, 0.2) is 0 Å². The summed E-state index contributed by atoms with van der Waals surface area (Å²) in [6.45, 7) is 5.11. The van der Waals surface area contributed by atoms with E-state index in [-0.39, 0.29) is 32.7 Å². The number of rotatable bonds is 0. The first-order chi connectivity index (χ1) is 2.83. The van der Waals surface area contributed by atoms with Gasteiger partial charge in [0, 0.05) is 32.7 Å². The van der Waals surface area contributed by atoms with Gasteiger partial charge in [0.05, 0.1) is 0 Å². The third kappa shape index (κ3) is 169. The summed E-state index contributed by atoms with van der Waals surface area (Å²) in [4.78, 5) is 0. The fourth-order valence-corrected chi connectivity index (χ4v) is 0. The van der Waals surface area contributed by atoms with Crippen molar-refractivity contribution in [2.24, 2.45) is 0 Å². The Morgan fingerprint density at radius 2 is 1.00 bits per heavy atom. The zero-order chi connectivity index (χ0) is 5.41. The number of hydrogen-bond donors (Lipinski definition) is 2. The summed E-state index contributed by atoms with van der Waals surface area (Å²) in [6.07, 6.45) is 0. The van der Waals surface area contributed by atoms with Crippen LogP contribution in [0.1, 0.15) is 13.8 Å².